The molecule has 0 spiro atoms. The number of rotatable bonds is 4. The number of nitrogens with zero attached hydrogens (tertiary/aromatic N) is 3. The van der Waals surface area contributed by atoms with Gasteiger partial charge in [-0.15, -0.1) is 0 Å². The molecule has 1 aliphatic heterocycles. The van der Waals surface area contributed by atoms with Gasteiger partial charge in [-0.2, -0.15) is 0 Å². The summed E-state index contributed by atoms with van der Waals surface area (Å²) in [5.41, 5.74) is 1.63. The summed E-state index contributed by atoms with van der Waals surface area (Å²) >= 11 is 0. The smallest absolute Gasteiger partial charge is 0.338 e. The molecule has 1 aromatic heterocycles. The number of urea groups is 1. The molecule has 0 bridgehead atoms. The van der Waals surface area contributed by atoms with Gasteiger partial charge in [0.1, 0.15) is 6.10 Å². The van der Waals surface area contributed by atoms with Crippen molar-refractivity contribution < 1.29 is 14.3 Å². The highest BCUT2D eigenvalue weighted by Crippen LogP contribution is 2.21. The highest BCUT2D eigenvalue weighted by molar-refractivity contribution is 5.96. The fourth-order valence-corrected chi connectivity index (χ4v) is 2.33. The van der Waals surface area contributed by atoms with E-state index in [2.05, 4.69) is 15.3 Å². The Balaban J connectivity index is 1.74. The number of esters is 1. The van der Waals surface area contributed by atoms with Crippen molar-refractivity contribution in [1.29, 1.82) is 0 Å². The summed E-state index contributed by atoms with van der Waals surface area (Å²) in [4.78, 5) is 33.6. The van der Waals surface area contributed by atoms with Gasteiger partial charge in [0.15, 0.2) is 0 Å². The second-order valence-electron chi connectivity index (χ2n) is 5.11. The molecule has 0 aliphatic carbocycles. The van der Waals surface area contributed by atoms with Crippen LogP contribution in [0.1, 0.15) is 29.1 Å². The summed E-state index contributed by atoms with van der Waals surface area (Å²) < 4.78 is 5.41. The van der Waals surface area contributed by atoms with Crippen LogP contribution < -0.4 is 10.2 Å². The van der Waals surface area contributed by atoms with Crippen LogP contribution in [0.25, 0.3) is 0 Å². The van der Waals surface area contributed by atoms with E-state index in [0.717, 1.165) is 0 Å². The normalized spacial score (nSPS) is 15.2. The Hall–Kier alpha value is -2.96. The fourth-order valence-electron chi connectivity index (χ4n) is 2.33. The third kappa shape index (κ3) is 3.28. The lowest BCUT2D eigenvalue weighted by Crippen LogP contribution is -2.27. The van der Waals surface area contributed by atoms with Crippen molar-refractivity contribution in [3.63, 3.8) is 0 Å². The number of hydrogen-bond donors (Lipinski definition) is 1. The minimum absolute atomic E-state index is 0.163. The van der Waals surface area contributed by atoms with Crippen molar-refractivity contribution in [3.05, 3.63) is 54.1 Å². The van der Waals surface area contributed by atoms with Gasteiger partial charge < -0.3 is 10.1 Å². The molecule has 1 atom stereocenters. The zero-order valence-electron chi connectivity index (χ0n) is 12.6. The Morgan fingerprint density at radius 2 is 2.26 bits per heavy atom. The molecule has 3 rings (SSSR count). The molecule has 0 radical (unpaired) electrons. The van der Waals surface area contributed by atoms with E-state index < -0.39 is 12.1 Å². The number of nitrogens with one attached hydrogen (secondary N) is 1. The zero-order valence-corrected chi connectivity index (χ0v) is 12.6. The maximum absolute atomic E-state index is 12.3. The molecule has 7 nitrogen and oxygen atoms in total. The summed E-state index contributed by atoms with van der Waals surface area (Å²) in [5, 5.41) is 2.73. The minimum atomic E-state index is -0.505. The van der Waals surface area contributed by atoms with E-state index in [1.54, 1.807) is 54.7 Å². The molecule has 1 aliphatic rings. The standard InChI is InChI=1S/C16H16N4O3/c1-11(14-10-17-5-6-18-14)23-15(21)12-3-2-4-13(9-12)20-8-7-19-16(20)22/h2-6,9-11H,7-8H2,1H3,(H,19,22)/t11-/m1/s1. The first-order chi connectivity index (χ1) is 11.1. The lowest BCUT2D eigenvalue weighted by atomic mass is 10.2. The van der Waals surface area contributed by atoms with Crippen LogP contribution in [0.3, 0.4) is 0 Å². The molecule has 7 heteroatoms. The van der Waals surface area contributed by atoms with Gasteiger partial charge in [0.25, 0.3) is 0 Å². The van der Waals surface area contributed by atoms with E-state index in [4.69, 9.17) is 4.74 Å². The topological polar surface area (TPSA) is 84.4 Å². The number of carbonyl (C=O) groups is 2. The van der Waals surface area contributed by atoms with Crippen LogP contribution in [0, 0.1) is 0 Å². The number of ether oxygens (including phenoxy) is 1. The minimum Gasteiger partial charge on any atom is -0.452 e. The van der Waals surface area contributed by atoms with E-state index in [0.29, 0.717) is 30.0 Å². The first kappa shape index (κ1) is 15.0. The predicted molar refractivity (Wildman–Crippen MR) is 83.0 cm³/mol. The van der Waals surface area contributed by atoms with Gasteiger partial charge in [-0.25, -0.2) is 9.59 Å². The SMILES string of the molecule is C[C@@H](OC(=O)c1cccc(N2CCNC2=O)c1)c1cnccn1. The summed E-state index contributed by atoms with van der Waals surface area (Å²) in [7, 11) is 0. The maximum Gasteiger partial charge on any atom is 0.338 e. The third-order valence-corrected chi connectivity index (χ3v) is 3.53. The zero-order chi connectivity index (χ0) is 16.2. The van der Waals surface area contributed by atoms with Crippen LogP contribution in [0.5, 0.6) is 0 Å². The molecular weight excluding hydrogens is 296 g/mol. The van der Waals surface area contributed by atoms with Crippen molar-refractivity contribution in [3.8, 4) is 0 Å². The molecule has 1 N–H and O–H groups in total. The Bertz CT molecular complexity index is 720. The largest absolute Gasteiger partial charge is 0.452 e. The summed E-state index contributed by atoms with van der Waals surface area (Å²) in [6.45, 7) is 2.91. The second kappa shape index (κ2) is 6.43. The number of hydrogen-bond acceptors (Lipinski definition) is 5. The number of carbonyl (C=O) groups excluding carboxylic acids is 2. The van der Waals surface area contributed by atoms with Gasteiger partial charge in [0.05, 0.1) is 17.5 Å². The Morgan fingerprint density at radius 1 is 1.39 bits per heavy atom. The Labute approximate surface area is 133 Å². The first-order valence-electron chi connectivity index (χ1n) is 7.27. The van der Waals surface area contributed by atoms with Gasteiger partial charge >= 0.3 is 12.0 Å². The van der Waals surface area contributed by atoms with Gasteiger partial charge in [-0.1, -0.05) is 6.07 Å². The highest BCUT2D eigenvalue weighted by Gasteiger charge is 2.22. The van der Waals surface area contributed by atoms with E-state index in [9.17, 15) is 9.59 Å². The van der Waals surface area contributed by atoms with Crippen LogP contribution in [0.4, 0.5) is 10.5 Å². The van der Waals surface area contributed by atoms with E-state index in [1.165, 1.54) is 0 Å². The average molecular weight is 312 g/mol. The molecule has 1 fully saturated rings. The van der Waals surface area contributed by atoms with Crippen molar-refractivity contribution in [1.82, 2.24) is 15.3 Å². The third-order valence-electron chi connectivity index (χ3n) is 3.53. The first-order valence-corrected chi connectivity index (χ1v) is 7.27. The lowest BCUT2D eigenvalue weighted by molar-refractivity contribution is 0.0328. The molecule has 118 valence electrons. The van der Waals surface area contributed by atoms with Crippen molar-refractivity contribution in [2.45, 2.75) is 13.0 Å². The molecular formula is C16H16N4O3. The molecule has 0 saturated carbocycles. The van der Waals surface area contributed by atoms with Crippen molar-refractivity contribution >= 4 is 17.7 Å². The molecule has 1 saturated heterocycles. The van der Waals surface area contributed by atoms with Crippen LogP contribution in [0.15, 0.2) is 42.9 Å². The van der Waals surface area contributed by atoms with Gasteiger partial charge in [-0.05, 0) is 25.1 Å². The van der Waals surface area contributed by atoms with E-state index in [1.807, 2.05) is 0 Å². The summed E-state index contributed by atoms with van der Waals surface area (Å²) in [6, 6.07) is 6.65. The van der Waals surface area contributed by atoms with Crippen LogP contribution in [-0.4, -0.2) is 35.1 Å². The van der Waals surface area contributed by atoms with Crippen LogP contribution >= 0.6 is 0 Å². The number of benzene rings is 1. The number of aromatic nitrogens is 2. The predicted octanol–water partition coefficient (Wildman–Crippen LogP) is 1.92. The average Bonchev–Trinajstić information content (AvgIpc) is 3.02. The molecule has 2 amide bonds. The Morgan fingerprint density at radius 3 is 2.96 bits per heavy atom. The monoisotopic (exact) mass is 312 g/mol. The quantitative estimate of drug-likeness (QED) is 0.872. The molecule has 0 unspecified atom stereocenters. The molecule has 23 heavy (non-hydrogen) atoms. The van der Waals surface area contributed by atoms with Crippen LogP contribution in [-0.2, 0) is 4.74 Å². The second-order valence-corrected chi connectivity index (χ2v) is 5.11. The van der Waals surface area contributed by atoms with E-state index in [-0.39, 0.29) is 6.03 Å². The van der Waals surface area contributed by atoms with E-state index >= 15 is 0 Å². The van der Waals surface area contributed by atoms with Crippen molar-refractivity contribution in [2.75, 3.05) is 18.0 Å². The maximum atomic E-state index is 12.3. The summed E-state index contributed by atoms with van der Waals surface area (Å²) in [6.07, 6.45) is 4.16. The molecule has 1 aromatic carbocycles. The highest BCUT2D eigenvalue weighted by atomic mass is 16.5. The van der Waals surface area contributed by atoms with Gasteiger partial charge in [-0.3, -0.25) is 14.9 Å². The lowest BCUT2D eigenvalue weighted by Gasteiger charge is -2.16. The van der Waals surface area contributed by atoms with Gasteiger partial charge in [0.2, 0.25) is 0 Å². The molecule has 2 aromatic rings. The fraction of sp³-hybridized carbons (Fsp3) is 0.250. The molecule has 2 heterocycles. The van der Waals surface area contributed by atoms with Crippen molar-refractivity contribution in [2.24, 2.45) is 0 Å². The number of anilines is 1. The summed E-state index contributed by atoms with van der Waals surface area (Å²) in [5.74, 6) is -0.468. The van der Waals surface area contributed by atoms with Gasteiger partial charge in [0, 0.05) is 31.2 Å². The van der Waals surface area contributed by atoms with Crippen LogP contribution in [0.2, 0.25) is 0 Å². The number of amides is 2. The Kier molecular flexibility index (Phi) is 4.18.